The van der Waals surface area contributed by atoms with Crippen molar-refractivity contribution in [3.05, 3.63) is 92.7 Å². The van der Waals surface area contributed by atoms with Gasteiger partial charge in [0, 0.05) is 11.3 Å². The Hall–Kier alpha value is -4.17. The zero-order chi connectivity index (χ0) is 23.7. The van der Waals surface area contributed by atoms with Crippen LogP contribution in [0.25, 0.3) is 22.1 Å². The molecule has 2 aromatic heterocycles. The molecule has 5 aromatic rings. The Morgan fingerprint density at radius 1 is 1.09 bits per heavy atom. The normalized spacial score (nSPS) is 11.8. The number of rotatable bonds is 6. The third kappa shape index (κ3) is 4.11. The first kappa shape index (κ1) is 21.7. The van der Waals surface area contributed by atoms with Gasteiger partial charge in [-0.05, 0) is 43.3 Å². The summed E-state index contributed by atoms with van der Waals surface area (Å²) in [7, 11) is 1.53. The lowest BCUT2D eigenvalue weighted by atomic mass is 10.1. The molecule has 0 unspecified atom stereocenters. The number of amides is 1. The second-order valence-electron chi connectivity index (χ2n) is 7.72. The lowest BCUT2D eigenvalue weighted by molar-refractivity contribution is -0.118. The van der Waals surface area contributed by atoms with Crippen LogP contribution in [-0.4, -0.2) is 29.0 Å². The molecule has 0 aliphatic carbocycles. The molecule has 0 spiro atoms. The monoisotopic (exact) mass is 471 g/mol. The van der Waals surface area contributed by atoms with Crippen molar-refractivity contribution < 1.29 is 14.3 Å². The van der Waals surface area contributed by atoms with Crippen LogP contribution >= 0.6 is 11.3 Å². The topological polar surface area (TPSA) is 81.9 Å². The van der Waals surface area contributed by atoms with E-state index in [0.717, 1.165) is 16.6 Å². The number of ether oxygens (including phenoxy) is 2. The summed E-state index contributed by atoms with van der Waals surface area (Å²) in [4.78, 5) is 30.8. The van der Waals surface area contributed by atoms with Gasteiger partial charge in [0.05, 0.1) is 22.7 Å². The van der Waals surface area contributed by atoms with Crippen LogP contribution in [0.15, 0.2) is 71.5 Å². The van der Waals surface area contributed by atoms with Gasteiger partial charge in [-0.15, -0.1) is 0 Å². The van der Waals surface area contributed by atoms with Crippen LogP contribution in [0.3, 0.4) is 0 Å². The minimum absolute atomic E-state index is 0.153. The molecular weight excluding hydrogens is 450 g/mol. The average Bonchev–Trinajstić information content (AvgIpc) is 3.35. The number of nitrogens with one attached hydrogen (secondary N) is 1. The maximum Gasteiger partial charge on any atom is 0.274 e. The van der Waals surface area contributed by atoms with E-state index in [1.54, 1.807) is 16.5 Å². The molecule has 170 valence electrons. The largest absolute Gasteiger partial charge is 0.493 e. The Morgan fingerprint density at radius 3 is 2.68 bits per heavy atom. The van der Waals surface area contributed by atoms with Crippen LogP contribution in [0.1, 0.15) is 11.1 Å². The number of methoxy groups -OCH3 is 1. The molecule has 34 heavy (non-hydrogen) atoms. The third-order valence-corrected chi connectivity index (χ3v) is 6.31. The minimum Gasteiger partial charge on any atom is -0.493 e. The van der Waals surface area contributed by atoms with Gasteiger partial charge in [0.1, 0.15) is 0 Å². The molecule has 0 bridgehead atoms. The Bertz CT molecular complexity index is 1620. The van der Waals surface area contributed by atoms with E-state index < -0.39 is 0 Å². The number of para-hydroxylation sites is 3. The van der Waals surface area contributed by atoms with Gasteiger partial charge < -0.3 is 14.8 Å². The summed E-state index contributed by atoms with van der Waals surface area (Å²) < 4.78 is 13.4. The maximum atomic E-state index is 13.1. The molecule has 0 saturated carbocycles. The number of hydrogen-bond donors (Lipinski definition) is 1. The van der Waals surface area contributed by atoms with Crippen molar-refractivity contribution in [3.63, 3.8) is 0 Å². The Kier molecular flexibility index (Phi) is 5.73. The standard InChI is InChI=1S/C26H21N3O4S/c1-16-10-12-18(13-11-16)27-23(30)15-33-24-17(6-5-9-21(24)32-2)14-22-25(31)29-20-8-4-3-7-19(20)28-26(29)34-22/h3-14H,15H2,1-2H3,(H,27,30). The Morgan fingerprint density at radius 2 is 1.88 bits per heavy atom. The van der Waals surface area contributed by atoms with Gasteiger partial charge in [-0.1, -0.05) is 53.3 Å². The van der Waals surface area contributed by atoms with Gasteiger partial charge >= 0.3 is 0 Å². The molecule has 8 heteroatoms. The van der Waals surface area contributed by atoms with E-state index in [2.05, 4.69) is 10.3 Å². The van der Waals surface area contributed by atoms with Gasteiger partial charge in [0.15, 0.2) is 23.1 Å². The molecular formula is C26H21N3O4S. The second kappa shape index (κ2) is 8.99. The van der Waals surface area contributed by atoms with Gasteiger partial charge in [0.2, 0.25) is 0 Å². The van der Waals surface area contributed by atoms with Crippen LogP contribution < -0.4 is 24.9 Å². The van der Waals surface area contributed by atoms with Crippen molar-refractivity contribution in [1.82, 2.24) is 9.38 Å². The molecule has 0 radical (unpaired) electrons. The van der Waals surface area contributed by atoms with E-state index >= 15 is 0 Å². The van der Waals surface area contributed by atoms with Gasteiger partial charge in [0.25, 0.3) is 11.5 Å². The highest BCUT2D eigenvalue weighted by Gasteiger charge is 2.14. The molecule has 0 saturated heterocycles. The second-order valence-corrected chi connectivity index (χ2v) is 8.72. The smallest absolute Gasteiger partial charge is 0.274 e. The number of imidazole rings is 1. The lowest BCUT2D eigenvalue weighted by Crippen LogP contribution is -2.23. The summed E-state index contributed by atoms with van der Waals surface area (Å²) in [6.45, 7) is 1.77. The quantitative estimate of drug-likeness (QED) is 0.408. The molecule has 5 rings (SSSR count). The first-order valence-electron chi connectivity index (χ1n) is 10.6. The number of carbonyl (C=O) groups excluding carboxylic acids is 1. The van der Waals surface area contributed by atoms with Crippen molar-refractivity contribution in [3.8, 4) is 11.5 Å². The summed E-state index contributed by atoms with van der Waals surface area (Å²) >= 11 is 1.30. The fraction of sp³-hybridized carbons (Fsp3) is 0.115. The van der Waals surface area contributed by atoms with Crippen LogP contribution in [0, 0.1) is 6.92 Å². The van der Waals surface area contributed by atoms with Gasteiger partial charge in [-0.2, -0.15) is 0 Å². The minimum atomic E-state index is -0.300. The fourth-order valence-corrected chi connectivity index (χ4v) is 4.66. The number of thiazole rings is 1. The zero-order valence-corrected chi connectivity index (χ0v) is 19.4. The summed E-state index contributed by atoms with van der Waals surface area (Å²) in [5.74, 6) is 0.557. The highest BCUT2D eigenvalue weighted by atomic mass is 32.1. The van der Waals surface area contributed by atoms with E-state index in [1.165, 1.54) is 18.4 Å². The van der Waals surface area contributed by atoms with Crippen LogP contribution in [0.4, 0.5) is 5.69 Å². The van der Waals surface area contributed by atoms with Crippen molar-refractivity contribution in [1.29, 1.82) is 0 Å². The number of aromatic nitrogens is 2. The Balaban J connectivity index is 1.46. The van der Waals surface area contributed by atoms with E-state index in [0.29, 0.717) is 32.2 Å². The number of aryl methyl sites for hydroxylation is 1. The molecule has 0 fully saturated rings. The molecule has 0 aliphatic heterocycles. The molecule has 1 amide bonds. The maximum absolute atomic E-state index is 13.1. The third-order valence-electron chi connectivity index (χ3n) is 5.34. The molecule has 3 aromatic carbocycles. The molecule has 0 aliphatic rings. The SMILES string of the molecule is COc1cccc(C=c2sc3nc4ccccc4n3c2=O)c1OCC(=O)Nc1ccc(C)cc1. The highest BCUT2D eigenvalue weighted by molar-refractivity contribution is 7.15. The number of hydrogen-bond acceptors (Lipinski definition) is 6. The summed E-state index contributed by atoms with van der Waals surface area (Å²) in [5.41, 5.74) is 3.83. The van der Waals surface area contributed by atoms with E-state index in [-0.39, 0.29) is 18.1 Å². The van der Waals surface area contributed by atoms with E-state index in [9.17, 15) is 9.59 Å². The number of anilines is 1. The van der Waals surface area contributed by atoms with E-state index in [1.807, 2.05) is 67.6 Å². The zero-order valence-electron chi connectivity index (χ0n) is 18.6. The summed E-state index contributed by atoms with van der Waals surface area (Å²) in [5, 5.41) is 2.81. The van der Waals surface area contributed by atoms with Gasteiger partial charge in [-0.25, -0.2) is 9.38 Å². The number of fused-ring (bicyclic) bond motifs is 3. The number of nitrogens with zero attached hydrogens (tertiary/aromatic N) is 2. The van der Waals surface area contributed by atoms with Crippen molar-refractivity contribution in [2.75, 3.05) is 19.0 Å². The van der Waals surface area contributed by atoms with Crippen LogP contribution in [-0.2, 0) is 4.79 Å². The van der Waals surface area contributed by atoms with Crippen molar-refractivity contribution in [2.45, 2.75) is 6.92 Å². The Labute approximate surface area is 198 Å². The first-order valence-corrected chi connectivity index (χ1v) is 11.4. The van der Waals surface area contributed by atoms with Crippen molar-refractivity contribution in [2.24, 2.45) is 0 Å². The molecule has 7 nitrogen and oxygen atoms in total. The number of carbonyl (C=O) groups is 1. The van der Waals surface area contributed by atoms with Gasteiger partial charge in [-0.3, -0.25) is 9.59 Å². The molecule has 1 N–H and O–H groups in total. The fourth-order valence-electron chi connectivity index (χ4n) is 3.69. The van der Waals surface area contributed by atoms with Crippen LogP contribution in [0.2, 0.25) is 0 Å². The van der Waals surface area contributed by atoms with Crippen LogP contribution in [0.5, 0.6) is 11.5 Å². The average molecular weight is 472 g/mol. The molecule has 2 heterocycles. The number of benzene rings is 3. The molecule has 0 atom stereocenters. The van der Waals surface area contributed by atoms with Crippen molar-refractivity contribution >= 4 is 45.0 Å². The predicted octanol–water partition coefficient (Wildman–Crippen LogP) is 3.79. The summed E-state index contributed by atoms with van der Waals surface area (Å²) in [6, 6.07) is 20.4. The summed E-state index contributed by atoms with van der Waals surface area (Å²) in [6.07, 6.45) is 1.74. The first-order chi connectivity index (χ1) is 16.5. The highest BCUT2D eigenvalue weighted by Crippen LogP contribution is 2.31. The van der Waals surface area contributed by atoms with E-state index in [4.69, 9.17) is 9.47 Å². The predicted molar refractivity (Wildman–Crippen MR) is 134 cm³/mol. The lowest BCUT2D eigenvalue weighted by Gasteiger charge is -2.13.